The summed E-state index contributed by atoms with van der Waals surface area (Å²) in [7, 11) is 0. The number of esters is 1. The summed E-state index contributed by atoms with van der Waals surface area (Å²) >= 11 is 0. The van der Waals surface area contributed by atoms with E-state index in [-0.39, 0.29) is 30.0 Å². The molecule has 2 aromatic carbocycles. The van der Waals surface area contributed by atoms with Crippen LogP contribution in [-0.2, 0) is 9.53 Å². The number of amides is 2. The summed E-state index contributed by atoms with van der Waals surface area (Å²) in [6.07, 6.45) is 1.81. The van der Waals surface area contributed by atoms with Crippen LogP contribution in [0.2, 0.25) is 0 Å². The van der Waals surface area contributed by atoms with Gasteiger partial charge >= 0.3 is 5.97 Å². The van der Waals surface area contributed by atoms with Gasteiger partial charge < -0.3 is 15.4 Å². The molecule has 2 rings (SSSR count). The SMILES string of the molecule is CCCC(C)NC(=O)COC(=O)c1ccccc1NC(=O)c1cccc(C)c1. The van der Waals surface area contributed by atoms with E-state index in [2.05, 4.69) is 10.6 Å². The van der Waals surface area contributed by atoms with Crippen LogP contribution in [-0.4, -0.2) is 30.4 Å². The highest BCUT2D eigenvalue weighted by Crippen LogP contribution is 2.18. The molecule has 0 aliphatic carbocycles. The number of carbonyl (C=O) groups excluding carboxylic acids is 3. The Bertz CT molecular complexity index is 848. The molecule has 0 bridgehead atoms. The molecule has 0 heterocycles. The summed E-state index contributed by atoms with van der Waals surface area (Å²) < 4.78 is 5.11. The first-order valence-corrected chi connectivity index (χ1v) is 9.34. The Morgan fingerprint density at radius 2 is 1.82 bits per heavy atom. The normalized spacial score (nSPS) is 11.4. The number of para-hydroxylation sites is 1. The molecule has 2 aromatic rings. The molecular formula is C22H26N2O4. The number of ether oxygens (including phenoxy) is 1. The Kier molecular flexibility index (Phi) is 7.75. The predicted molar refractivity (Wildman–Crippen MR) is 108 cm³/mol. The van der Waals surface area contributed by atoms with Crippen LogP contribution in [0.15, 0.2) is 48.5 Å². The van der Waals surface area contributed by atoms with Crippen LogP contribution in [0.3, 0.4) is 0 Å². The lowest BCUT2D eigenvalue weighted by Gasteiger charge is -2.14. The average molecular weight is 382 g/mol. The molecule has 0 aliphatic heterocycles. The second-order valence-electron chi connectivity index (χ2n) is 6.70. The molecule has 0 aromatic heterocycles. The van der Waals surface area contributed by atoms with Crippen molar-refractivity contribution in [3.05, 3.63) is 65.2 Å². The van der Waals surface area contributed by atoms with Gasteiger partial charge in [-0.1, -0.05) is 43.2 Å². The zero-order chi connectivity index (χ0) is 20.5. The maximum atomic E-state index is 12.5. The quantitative estimate of drug-likeness (QED) is 0.682. The van der Waals surface area contributed by atoms with Gasteiger partial charge in [-0.15, -0.1) is 0 Å². The van der Waals surface area contributed by atoms with E-state index < -0.39 is 5.97 Å². The summed E-state index contributed by atoms with van der Waals surface area (Å²) in [6.45, 7) is 5.46. The number of carbonyl (C=O) groups is 3. The molecule has 148 valence electrons. The van der Waals surface area contributed by atoms with E-state index in [1.54, 1.807) is 42.5 Å². The Balaban J connectivity index is 2.01. The summed E-state index contributed by atoms with van der Waals surface area (Å²) in [6, 6.07) is 13.7. The van der Waals surface area contributed by atoms with Crippen LogP contribution in [0.1, 0.15) is 53.0 Å². The number of hydrogen-bond donors (Lipinski definition) is 2. The van der Waals surface area contributed by atoms with Crippen LogP contribution in [0.5, 0.6) is 0 Å². The first kappa shape index (κ1) is 21.2. The molecule has 0 aliphatic rings. The standard InChI is InChI=1S/C22H26N2O4/c1-4-8-16(3)23-20(25)14-28-22(27)18-11-5-6-12-19(18)24-21(26)17-10-7-9-15(2)13-17/h5-7,9-13,16H,4,8,14H2,1-3H3,(H,23,25)(H,24,26). The maximum absolute atomic E-state index is 12.5. The maximum Gasteiger partial charge on any atom is 0.340 e. The topological polar surface area (TPSA) is 84.5 Å². The lowest BCUT2D eigenvalue weighted by molar-refractivity contribution is -0.124. The van der Waals surface area contributed by atoms with Gasteiger partial charge in [0.25, 0.3) is 11.8 Å². The lowest BCUT2D eigenvalue weighted by Crippen LogP contribution is -2.35. The fourth-order valence-corrected chi connectivity index (χ4v) is 2.78. The van der Waals surface area contributed by atoms with Gasteiger partial charge in [-0.2, -0.15) is 0 Å². The second kappa shape index (κ2) is 10.3. The highest BCUT2D eigenvalue weighted by molar-refractivity contribution is 6.08. The molecule has 6 nitrogen and oxygen atoms in total. The van der Waals surface area contributed by atoms with Gasteiger partial charge in [0.1, 0.15) is 0 Å². The highest BCUT2D eigenvalue weighted by Gasteiger charge is 2.17. The van der Waals surface area contributed by atoms with E-state index in [1.165, 1.54) is 0 Å². The van der Waals surface area contributed by atoms with Crippen molar-refractivity contribution in [1.82, 2.24) is 5.32 Å². The Morgan fingerprint density at radius 1 is 1.07 bits per heavy atom. The third-order valence-electron chi connectivity index (χ3n) is 4.14. The summed E-state index contributed by atoms with van der Waals surface area (Å²) in [5.41, 5.74) is 1.98. The Labute approximate surface area is 165 Å². The molecule has 0 fully saturated rings. The van der Waals surface area contributed by atoms with Gasteiger partial charge in [0.2, 0.25) is 0 Å². The summed E-state index contributed by atoms with van der Waals surface area (Å²) in [5.74, 6) is -1.34. The monoisotopic (exact) mass is 382 g/mol. The Hall–Kier alpha value is -3.15. The van der Waals surface area contributed by atoms with Crippen LogP contribution < -0.4 is 10.6 Å². The minimum atomic E-state index is -0.668. The van der Waals surface area contributed by atoms with Crippen molar-refractivity contribution < 1.29 is 19.1 Å². The molecule has 2 N–H and O–H groups in total. The minimum absolute atomic E-state index is 0.0251. The van der Waals surface area contributed by atoms with Crippen molar-refractivity contribution in [2.45, 2.75) is 39.7 Å². The summed E-state index contributed by atoms with van der Waals surface area (Å²) in [5, 5.41) is 5.51. The highest BCUT2D eigenvalue weighted by atomic mass is 16.5. The molecule has 0 spiro atoms. The second-order valence-corrected chi connectivity index (χ2v) is 6.70. The molecular weight excluding hydrogens is 356 g/mol. The van der Waals surface area contributed by atoms with Gasteiger partial charge in [-0.25, -0.2) is 4.79 Å². The van der Waals surface area contributed by atoms with E-state index in [9.17, 15) is 14.4 Å². The third-order valence-corrected chi connectivity index (χ3v) is 4.14. The first-order valence-electron chi connectivity index (χ1n) is 9.34. The van der Waals surface area contributed by atoms with Crippen LogP contribution in [0, 0.1) is 6.92 Å². The molecule has 28 heavy (non-hydrogen) atoms. The van der Waals surface area contributed by atoms with E-state index in [4.69, 9.17) is 4.74 Å². The zero-order valence-electron chi connectivity index (χ0n) is 16.5. The number of rotatable bonds is 8. The molecule has 2 amide bonds. The average Bonchev–Trinajstić information content (AvgIpc) is 2.66. The number of nitrogens with one attached hydrogen (secondary N) is 2. The van der Waals surface area contributed by atoms with Crippen molar-refractivity contribution >= 4 is 23.5 Å². The van der Waals surface area contributed by atoms with Crippen molar-refractivity contribution in [3.63, 3.8) is 0 Å². The van der Waals surface area contributed by atoms with Gasteiger partial charge in [-0.05, 0) is 44.5 Å². The molecule has 1 atom stereocenters. The number of hydrogen-bond acceptors (Lipinski definition) is 4. The van der Waals surface area contributed by atoms with Crippen molar-refractivity contribution in [2.75, 3.05) is 11.9 Å². The van der Waals surface area contributed by atoms with E-state index in [0.717, 1.165) is 18.4 Å². The molecule has 6 heteroatoms. The fourth-order valence-electron chi connectivity index (χ4n) is 2.78. The first-order chi connectivity index (χ1) is 13.4. The Morgan fingerprint density at radius 3 is 2.54 bits per heavy atom. The lowest BCUT2D eigenvalue weighted by atomic mass is 10.1. The van der Waals surface area contributed by atoms with Crippen LogP contribution >= 0.6 is 0 Å². The van der Waals surface area contributed by atoms with E-state index in [1.807, 2.05) is 26.8 Å². The van der Waals surface area contributed by atoms with Crippen LogP contribution in [0.4, 0.5) is 5.69 Å². The molecule has 0 saturated heterocycles. The van der Waals surface area contributed by atoms with Gasteiger partial charge in [0.15, 0.2) is 6.61 Å². The smallest absolute Gasteiger partial charge is 0.340 e. The number of benzene rings is 2. The summed E-state index contributed by atoms with van der Waals surface area (Å²) in [4.78, 5) is 36.7. The molecule has 0 radical (unpaired) electrons. The van der Waals surface area contributed by atoms with E-state index >= 15 is 0 Å². The zero-order valence-corrected chi connectivity index (χ0v) is 16.5. The van der Waals surface area contributed by atoms with E-state index in [0.29, 0.717) is 11.3 Å². The van der Waals surface area contributed by atoms with Gasteiger partial charge in [-0.3, -0.25) is 9.59 Å². The number of aryl methyl sites for hydroxylation is 1. The minimum Gasteiger partial charge on any atom is -0.452 e. The fraction of sp³-hybridized carbons (Fsp3) is 0.318. The van der Waals surface area contributed by atoms with Crippen LogP contribution in [0.25, 0.3) is 0 Å². The predicted octanol–water partition coefficient (Wildman–Crippen LogP) is 3.71. The van der Waals surface area contributed by atoms with Gasteiger partial charge in [0.05, 0.1) is 11.3 Å². The number of anilines is 1. The molecule has 1 unspecified atom stereocenters. The molecule has 0 saturated carbocycles. The van der Waals surface area contributed by atoms with Crippen molar-refractivity contribution in [2.24, 2.45) is 0 Å². The third kappa shape index (κ3) is 6.23. The van der Waals surface area contributed by atoms with Crippen molar-refractivity contribution in [3.8, 4) is 0 Å². The van der Waals surface area contributed by atoms with Crippen molar-refractivity contribution in [1.29, 1.82) is 0 Å². The largest absolute Gasteiger partial charge is 0.452 e. The van der Waals surface area contributed by atoms with Gasteiger partial charge in [0, 0.05) is 11.6 Å².